The highest BCUT2D eigenvalue weighted by Gasteiger charge is 2.21. The Labute approximate surface area is 126 Å². The van der Waals surface area contributed by atoms with E-state index >= 15 is 0 Å². The van der Waals surface area contributed by atoms with Gasteiger partial charge < -0.3 is 9.84 Å². The molecule has 0 heterocycles. The maximum Gasteiger partial charge on any atom is 0.325 e. The SMILES string of the molecule is CC(C)(C)COC(=O)[C@H](CO)NCc1ccccc1.Cl. The second kappa shape index (κ2) is 8.95. The van der Waals surface area contributed by atoms with E-state index < -0.39 is 12.0 Å². The van der Waals surface area contributed by atoms with Crippen molar-refractivity contribution >= 4 is 18.4 Å². The average molecular weight is 302 g/mol. The number of halogens is 1. The van der Waals surface area contributed by atoms with Crippen LogP contribution in [0.4, 0.5) is 0 Å². The fraction of sp³-hybridized carbons (Fsp3) is 0.533. The highest BCUT2D eigenvalue weighted by molar-refractivity contribution is 5.85. The molecule has 0 aliphatic rings. The normalized spacial score (nSPS) is 12.4. The molecule has 0 aromatic heterocycles. The molecule has 0 spiro atoms. The van der Waals surface area contributed by atoms with Gasteiger partial charge in [0.1, 0.15) is 6.04 Å². The Morgan fingerprint density at radius 1 is 1.30 bits per heavy atom. The van der Waals surface area contributed by atoms with Crippen LogP contribution in [0.25, 0.3) is 0 Å². The summed E-state index contributed by atoms with van der Waals surface area (Å²) in [4.78, 5) is 11.8. The van der Waals surface area contributed by atoms with Crippen molar-refractivity contribution in [1.29, 1.82) is 0 Å². The van der Waals surface area contributed by atoms with Crippen LogP contribution in [-0.2, 0) is 16.1 Å². The van der Waals surface area contributed by atoms with Crippen LogP contribution in [0.2, 0.25) is 0 Å². The average Bonchev–Trinajstić information content (AvgIpc) is 2.37. The summed E-state index contributed by atoms with van der Waals surface area (Å²) in [6, 6.07) is 9.04. The summed E-state index contributed by atoms with van der Waals surface area (Å²) in [6.07, 6.45) is 0. The molecular formula is C15H24ClNO3. The summed E-state index contributed by atoms with van der Waals surface area (Å²) >= 11 is 0. The molecular weight excluding hydrogens is 278 g/mol. The zero-order chi connectivity index (χ0) is 14.3. The van der Waals surface area contributed by atoms with Gasteiger partial charge in [0.15, 0.2) is 0 Å². The fourth-order valence-corrected chi connectivity index (χ4v) is 1.45. The number of rotatable bonds is 6. The maximum atomic E-state index is 11.8. The Morgan fingerprint density at radius 3 is 2.40 bits per heavy atom. The first kappa shape index (κ1) is 18.9. The number of hydrogen-bond donors (Lipinski definition) is 2. The quantitative estimate of drug-likeness (QED) is 0.791. The molecule has 0 radical (unpaired) electrons. The van der Waals surface area contributed by atoms with Crippen molar-refractivity contribution in [3.05, 3.63) is 35.9 Å². The molecule has 0 bridgehead atoms. The molecule has 20 heavy (non-hydrogen) atoms. The molecule has 0 fully saturated rings. The van der Waals surface area contributed by atoms with Gasteiger partial charge in [0, 0.05) is 6.54 Å². The molecule has 0 amide bonds. The zero-order valence-corrected chi connectivity index (χ0v) is 13.1. The van der Waals surface area contributed by atoms with E-state index in [4.69, 9.17) is 4.74 Å². The zero-order valence-electron chi connectivity index (χ0n) is 12.3. The van der Waals surface area contributed by atoms with Crippen molar-refractivity contribution < 1.29 is 14.6 Å². The van der Waals surface area contributed by atoms with Crippen LogP contribution in [0.15, 0.2) is 30.3 Å². The Kier molecular flexibility index (Phi) is 8.46. The van der Waals surface area contributed by atoms with Gasteiger partial charge in [-0.25, -0.2) is 0 Å². The van der Waals surface area contributed by atoms with Crippen LogP contribution in [0.1, 0.15) is 26.3 Å². The predicted octanol–water partition coefficient (Wildman–Crippen LogP) is 2.15. The Hall–Kier alpha value is -1.10. The number of aliphatic hydroxyl groups excluding tert-OH is 1. The van der Waals surface area contributed by atoms with Crippen molar-refractivity contribution in [3.8, 4) is 0 Å². The number of hydrogen-bond acceptors (Lipinski definition) is 4. The van der Waals surface area contributed by atoms with Crippen molar-refractivity contribution in [2.45, 2.75) is 33.4 Å². The van der Waals surface area contributed by atoms with Crippen LogP contribution in [0.5, 0.6) is 0 Å². The monoisotopic (exact) mass is 301 g/mol. The summed E-state index contributed by atoms with van der Waals surface area (Å²) in [5.74, 6) is -0.409. The summed E-state index contributed by atoms with van der Waals surface area (Å²) in [6.45, 7) is 6.57. The lowest BCUT2D eigenvalue weighted by Gasteiger charge is -2.21. The van der Waals surface area contributed by atoms with E-state index in [1.54, 1.807) is 0 Å². The molecule has 2 N–H and O–H groups in total. The van der Waals surface area contributed by atoms with Gasteiger partial charge in [0.25, 0.3) is 0 Å². The lowest BCUT2D eigenvalue weighted by atomic mass is 9.99. The third kappa shape index (κ3) is 7.48. The number of ether oxygens (including phenoxy) is 1. The van der Waals surface area contributed by atoms with Gasteiger partial charge >= 0.3 is 5.97 Å². The molecule has 1 rings (SSSR count). The van der Waals surface area contributed by atoms with Crippen LogP contribution in [-0.4, -0.2) is 30.3 Å². The standard InChI is InChI=1S/C15H23NO3.ClH/c1-15(2,3)11-19-14(18)13(10-17)16-9-12-7-5-4-6-8-12;/h4-8,13,16-17H,9-11H2,1-3H3;1H/t13-;/m0./s1. The van der Waals surface area contributed by atoms with Crippen LogP contribution >= 0.6 is 12.4 Å². The number of benzene rings is 1. The first-order valence-corrected chi connectivity index (χ1v) is 6.47. The van der Waals surface area contributed by atoms with Crippen molar-refractivity contribution in [1.82, 2.24) is 5.32 Å². The first-order valence-electron chi connectivity index (χ1n) is 6.47. The minimum Gasteiger partial charge on any atom is -0.464 e. The minimum atomic E-state index is -0.678. The van der Waals surface area contributed by atoms with E-state index in [1.807, 2.05) is 51.1 Å². The third-order valence-corrected chi connectivity index (χ3v) is 2.51. The van der Waals surface area contributed by atoms with E-state index in [1.165, 1.54) is 0 Å². The smallest absolute Gasteiger partial charge is 0.325 e. The van der Waals surface area contributed by atoms with E-state index in [-0.39, 0.29) is 24.4 Å². The van der Waals surface area contributed by atoms with Crippen LogP contribution in [0, 0.1) is 5.41 Å². The predicted molar refractivity (Wildman–Crippen MR) is 81.8 cm³/mol. The largest absolute Gasteiger partial charge is 0.464 e. The maximum absolute atomic E-state index is 11.8. The number of esters is 1. The first-order chi connectivity index (χ1) is 8.92. The Balaban J connectivity index is 0.00000361. The molecule has 1 atom stereocenters. The van der Waals surface area contributed by atoms with Gasteiger partial charge in [-0.1, -0.05) is 51.1 Å². The summed E-state index contributed by atoms with van der Waals surface area (Å²) in [5, 5.41) is 12.2. The highest BCUT2D eigenvalue weighted by atomic mass is 35.5. The van der Waals surface area contributed by atoms with Crippen molar-refractivity contribution in [2.24, 2.45) is 5.41 Å². The molecule has 0 aliphatic heterocycles. The van der Waals surface area contributed by atoms with Crippen molar-refractivity contribution in [3.63, 3.8) is 0 Å². The molecule has 114 valence electrons. The fourth-order valence-electron chi connectivity index (χ4n) is 1.45. The second-order valence-corrected chi connectivity index (χ2v) is 5.77. The lowest BCUT2D eigenvalue weighted by Crippen LogP contribution is -2.41. The molecule has 0 aliphatic carbocycles. The van der Waals surface area contributed by atoms with Gasteiger partial charge in [-0.3, -0.25) is 10.1 Å². The number of carbonyl (C=O) groups is 1. The van der Waals surface area contributed by atoms with E-state index in [2.05, 4.69) is 5.32 Å². The molecule has 1 aromatic carbocycles. The van der Waals surface area contributed by atoms with Crippen LogP contribution < -0.4 is 5.32 Å². The molecule has 0 unspecified atom stereocenters. The topological polar surface area (TPSA) is 58.6 Å². The van der Waals surface area contributed by atoms with Gasteiger partial charge in [0.2, 0.25) is 0 Å². The van der Waals surface area contributed by atoms with Crippen molar-refractivity contribution in [2.75, 3.05) is 13.2 Å². The number of carbonyl (C=O) groups excluding carboxylic acids is 1. The summed E-state index contributed by atoms with van der Waals surface area (Å²) < 4.78 is 5.19. The van der Waals surface area contributed by atoms with E-state index in [0.29, 0.717) is 13.2 Å². The Morgan fingerprint density at radius 2 is 1.90 bits per heavy atom. The summed E-state index contributed by atoms with van der Waals surface area (Å²) in [7, 11) is 0. The number of aliphatic hydroxyl groups is 1. The molecule has 0 saturated heterocycles. The van der Waals surface area contributed by atoms with Gasteiger partial charge in [-0.05, 0) is 11.0 Å². The molecule has 1 aromatic rings. The molecule has 5 heteroatoms. The van der Waals surface area contributed by atoms with Gasteiger partial charge in [-0.2, -0.15) is 0 Å². The highest BCUT2D eigenvalue weighted by Crippen LogP contribution is 2.13. The molecule has 0 saturated carbocycles. The van der Waals surface area contributed by atoms with E-state index in [9.17, 15) is 9.90 Å². The lowest BCUT2D eigenvalue weighted by molar-refractivity contribution is -0.150. The van der Waals surface area contributed by atoms with Gasteiger partial charge in [0.05, 0.1) is 13.2 Å². The van der Waals surface area contributed by atoms with E-state index in [0.717, 1.165) is 5.56 Å². The van der Waals surface area contributed by atoms with Gasteiger partial charge in [-0.15, -0.1) is 12.4 Å². The summed E-state index contributed by atoms with van der Waals surface area (Å²) in [5.41, 5.74) is 0.985. The molecule has 4 nitrogen and oxygen atoms in total. The third-order valence-electron chi connectivity index (χ3n) is 2.51. The number of nitrogens with one attached hydrogen (secondary N) is 1. The second-order valence-electron chi connectivity index (χ2n) is 5.77. The Bertz CT molecular complexity index is 390. The van der Waals surface area contributed by atoms with Crippen LogP contribution in [0.3, 0.4) is 0 Å². The minimum absolute atomic E-state index is 0.